The van der Waals surface area contributed by atoms with Crippen molar-refractivity contribution in [2.75, 3.05) is 20.8 Å². The van der Waals surface area contributed by atoms with Crippen LogP contribution in [-0.2, 0) is 16.1 Å². The third-order valence-electron chi connectivity index (χ3n) is 7.21. The number of rotatable bonds is 9. The van der Waals surface area contributed by atoms with Gasteiger partial charge in [-0.2, -0.15) is 0 Å². The van der Waals surface area contributed by atoms with E-state index in [1.54, 1.807) is 55.8 Å². The Bertz CT molecular complexity index is 1270. The number of carbonyl (C=O) groups excluding carboxylic acids is 2. The molecule has 2 aromatic carbocycles. The maximum Gasteiger partial charge on any atom is 0.268 e. The van der Waals surface area contributed by atoms with Gasteiger partial charge in [0.25, 0.3) is 5.91 Å². The molecule has 0 radical (unpaired) electrons. The average Bonchev–Trinajstić information content (AvgIpc) is 3.50. The zero-order chi connectivity index (χ0) is 27.2. The van der Waals surface area contributed by atoms with Crippen molar-refractivity contribution in [2.24, 2.45) is 0 Å². The van der Waals surface area contributed by atoms with Crippen LogP contribution in [0.4, 0.5) is 0 Å². The molecule has 0 spiro atoms. The standard InChI is InChI=1S/C30H34N2O7/c1-35-23-15-14-20(17-26(23)36-2)28(29(33)31-21-9-4-3-5-10-21)32(18-22-11-8-16-37-22)30(34)27-19-38-24-12-6-7-13-25(24)39-27/h6-8,11-17,21,27-28H,3-5,9-10,18-19H2,1-2H3,(H,31,33)/t27-,28+/m0/s1. The molecule has 2 atom stereocenters. The smallest absolute Gasteiger partial charge is 0.268 e. The summed E-state index contributed by atoms with van der Waals surface area (Å²) < 4.78 is 28.5. The average molecular weight is 535 g/mol. The third-order valence-corrected chi connectivity index (χ3v) is 7.21. The van der Waals surface area contributed by atoms with Crippen LogP contribution >= 0.6 is 0 Å². The first-order valence-electron chi connectivity index (χ1n) is 13.3. The topological polar surface area (TPSA) is 99.5 Å². The number of benzene rings is 2. The zero-order valence-corrected chi connectivity index (χ0v) is 22.3. The number of hydrogen-bond donors (Lipinski definition) is 1. The van der Waals surface area contributed by atoms with Crippen molar-refractivity contribution in [3.05, 3.63) is 72.2 Å². The summed E-state index contributed by atoms with van der Waals surface area (Å²) in [6, 6.07) is 15.1. The number of methoxy groups -OCH3 is 2. The molecule has 1 aliphatic carbocycles. The normalized spacial score (nSPS) is 17.6. The molecule has 206 valence electrons. The summed E-state index contributed by atoms with van der Waals surface area (Å²) in [5, 5.41) is 3.21. The van der Waals surface area contributed by atoms with Crippen LogP contribution < -0.4 is 24.3 Å². The summed E-state index contributed by atoms with van der Waals surface area (Å²) in [6.07, 6.45) is 5.71. The predicted molar refractivity (Wildman–Crippen MR) is 143 cm³/mol. The summed E-state index contributed by atoms with van der Waals surface area (Å²) in [5.74, 6) is 1.92. The van der Waals surface area contributed by atoms with E-state index in [0.29, 0.717) is 34.3 Å². The monoisotopic (exact) mass is 534 g/mol. The number of hydrogen-bond acceptors (Lipinski definition) is 7. The Kier molecular flexibility index (Phi) is 8.24. The van der Waals surface area contributed by atoms with Gasteiger partial charge >= 0.3 is 0 Å². The van der Waals surface area contributed by atoms with Crippen molar-refractivity contribution >= 4 is 11.8 Å². The number of furan rings is 1. The molecule has 9 heteroatoms. The van der Waals surface area contributed by atoms with Gasteiger partial charge in [0.2, 0.25) is 12.0 Å². The molecular weight excluding hydrogens is 500 g/mol. The fourth-order valence-electron chi connectivity index (χ4n) is 5.22. The first-order chi connectivity index (χ1) is 19.1. The van der Waals surface area contributed by atoms with E-state index in [9.17, 15) is 9.59 Å². The maximum absolute atomic E-state index is 14.2. The Hall–Kier alpha value is -4.14. The minimum atomic E-state index is -0.981. The van der Waals surface area contributed by atoms with Crippen LogP contribution in [0, 0.1) is 0 Å². The van der Waals surface area contributed by atoms with Crippen LogP contribution in [-0.4, -0.2) is 49.7 Å². The highest BCUT2D eigenvalue weighted by atomic mass is 16.6. The number of ether oxygens (including phenoxy) is 4. The van der Waals surface area contributed by atoms with E-state index in [1.807, 2.05) is 12.1 Å². The van der Waals surface area contributed by atoms with Crippen LogP contribution in [0.15, 0.2) is 65.3 Å². The zero-order valence-electron chi connectivity index (χ0n) is 22.3. The second-order valence-electron chi connectivity index (χ2n) is 9.77. The van der Waals surface area contributed by atoms with E-state index in [-0.39, 0.29) is 31.0 Å². The van der Waals surface area contributed by atoms with E-state index in [1.165, 1.54) is 12.0 Å². The summed E-state index contributed by atoms with van der Waals surface area (Å²) >= 11 is 0. The van der Waals surface area contributed by atoms with Gasteiger partial charge in [0.15, 0.2) is 23.0 Å². The second kappa shape index (κ2) is 12.1. The Morgan fingerprint density at radius 1 is 0.974 bits per heavy atom. The lowest BCUT2D eigenvalue weighted by Gasteiger charge is -2.36. The van der Waals surface area contributed by atoms with Gasteiger partial charge in [-0.05, 0) is 54.8 Å². The minimum Gasteiger partial charge on any atom is -0.493 e. The lowest BCUT2D eigenvalue weighted by atomic mass is 9.94. The quantitative estimate of drug-likeness (QED) is 0.426. The molecule has 2 heterocycles. The SMILES string of the molecule is COc1ccc([C@H](C(=O)NC2CCCCC2)N(Cc2ccco2)C(=O)[C@@H]2COc3ccccc3O2)cc1OC. The fourth-order valence-corrected chi connectivity index (χ4v) is 5.22. The van der Waals surface area contributed by atoms with Crippen molar-refractivity contribution in [1.82, 2.24) is 10.2 Å². The molecule has 2 aliphatic rings. The van der Waals surface area contributed by atoms with Gasteiger partial charge in [-0.3, -0.25) is 9.59 Å². The molecule has 3 aromatic rings. The fraction of sp³-hybridized carbons (Fsp3) is 0.400. The summed E-state index contributed by atoms with van der Waals surface area (Å²) in [4.78, 5) is 29.7. The van der Waals surface area contributed by atoms with E-state index in [0.717, 1.165) is 32.1 Å². The molecule has 0 saturated heterocycles. The van der Waals surface area contributed by atoms with E-state index >= 15 is 0 Å². The number of nitrogens with one attached hydrogen (secondary N) is 1. The Balaban J connectivity index is 1.52. The van der Waals surface area contributed by atoms with Gasteiger partial charge in [0, 0.05) is 6.04 Å². The molecule has 1 aromatic heterocycles. The molecular formula is C30H34N2O7. The van der Waals surface area contributed by atoms with Gasteiger partial charge in [-0.15, -0.1) is 0 Å². The minimum absolute atomic E-state index is 0.0212. The van der Waals surface area contributed by atoms with Crippen LogP contribution in [0.5, 0.6) is 23.0 Å². The lowest BCUT2D eigenvalue weighted by molar-refractivity contribution is -0.149. The van der Waals surface area contributed by atoms with Gasteiger partial charge in [0.1, 0.15) is 18.4 Å². The molecule has 39 heavy (non-hydrogen) atoms. The summed E-state index contributed by atoms with van der Waals surface area (Å²) in [5.41, 5.74) is 0.581. The molecule has 1 fully saturated rings. The Labute approximate surface area is 228 Å². The molecule has 2 amide bonds. The highest BCUT2D eigenvalue weighted by Crippen LogP contribution is 2.36. The van der Waals surface area contributed by atoms with E-state index in [4.69, 9.17) is 23.4 Å². The number of nitrogens with zero attached hydrogens (tertiary/aromatic N) is 1. The molecule has 0 bridgehead atoms. The van der Waals surface area contributed by atoms with Crippen molar-refractivity contribution < 1.29 is 33.0 Å². The van der Waals surface area contributed by atoms with Crippen LogP contribution in [0.1, 0.15) is 49.5 Å². The summed E-state index contributed by atoms with van der Waals surface area (Å²) in [6.45, 7) is 0.0812. The molecule has 9 nitrogen and oxygen atoms in total. The van der Waals surface area contributed by atoms with Gasteiger partial charge in [-0.1, -0.05) is 37.5 Å². The molecule has 0 unspecified atom stereocenters. The van der Waals surface area contributed by atoms with Crippen LogP contribution in [0.2, 0.25) is 0 Å². The molecule has 1 aliphatic heterocycles. The van der Waals surface area contributed by atoms with Crippen molar-refractivity contribution in [3.8, 4) is 23.0 Å². The highest BCUT2D eigenvalue weighted by molar-refractivity contribution is 5.91. The molecule has 5 rings (SSSR count). The molecule has 1 N–H and O–H groups in total. The second-order valence-corrected chi connectivity index (χ2v) is 9.77. The van der Waals surface area contributed by atoms with Crippen LogP contribution in [0.3, 0.4) is 0 Å². The maximum atomic E-state index is 14.2. The number of carbonyl (C=O) groups is 2. The first kappa shape index (κ1) is 26.5. The highest BCUT2D eigenvalue weighted by Gasteiger charge is 2.39. The van der Waals surface area contributed by atoms with Crippen molar-refractivity contribution in [3.63, 3.8) is 0 Å². The lowest BCUT2D eigenvalue weighted by Crippen LogP contribution is -2.52. The van der Waals surface area contributed by atoms with Crippen molar-refractivity contribution in [2.45, 2.75) is 56.8 Å². The first-order valence-corrected chi connectivity index (χ1v) is 13.3. The number of amides is 2. The summed E-state index contributed by atoms with van der Waals surface area (Å²) in [7, 11) is 3.09. The molecule has 1 saturated carbocycles. The van der Waals surface area contributed by atoms with E-state index < -0.39 is 12.1 Å². The number of para-hydroxylation sites is 2. The predicted octanol–water partition coefficient (Wildman–Crippen LogP) is 4.66. The number of fused-ring (bicyclic) bond motifs is 1. The van der Waals surface area contributed by atoms with Crippen LogP contribution in [0.25, 0.3) is 0 Å². The largest absolute Gasteiger partial charge is 0.493 e. The third kappa shape index (κ3) is 5.97. The Morgan fingerprint density at radius 3 is 2.46 bits per heavy atom. The van der Waals surface area contributed by atoms with Gasteiger partial charge < -0.3 is 33.6 Å². The van der Waals surface area contributed by atoms with Gasteiger partial charge in [-0.25, -0.2) is 0 Å². The Morgan fingerprint density at radius 2 is 1.74 bits per heavy atom. The van der Waals surface area contributed by atoms with E-state index in [2.05, 4.69) is 5.32 Å². The van der Waals surface area contributed by atoms with Gasteiger partial charge in [0.05, 0.1) is 27.0 Å². The van der Waals surface area contributed by atoms with Crippen molar-refractivity contribution in [1.29, 1.82) is 0 Å².